The summed E-state index contributed by atoms with van der Waals surface area (Å²) in [7, 11) is 0. The van der Waals surface area contributed by atoms with E-state index in [1.165, 1.54) is 12.1 Å². The van der Waals surface area contributed by atoms with E-state index in [1.54, 1.807) is 23.1 Å². The van der Waals surface area contributed by atoms with Gasteiger partial charge in [0.15, 0.2) is 6.61 Å². The number of nitrogens with zero attached hydrogens (tertiary/aromatic N) is 1. The number of ether oxygens (including phenoxy) is 1. The molecule has 2 amide bonds. The van der Waals surface area contributed by atoms with Gasteiger partial charge in [0.2, 0.25) is 6.41 Å². The minimum absolute atomic E-state index is 0.0761. The molecule has 0 aliphatic carbocycles. The van der Waals surface area contributed by atoms with Crippen LogP contribution in [0.1, 0.15) is 25.3 Å². The highest BCUT2D eigenvalue weighted by molar-refractivity contribution is 6.31. The lowest BCUT2D eigenvalue weighted by atomic mass is 9.75. The molecule has 5 nitrogen and oxygen atoms in total. The van der Waals surface area contributed by atoms with Crippen LogP contribution in [0.5, 0.6) is 5.75 Å². The van der Waals surface area contributed by atoms with Crippen molar-refractivity contribution in [3.8, 4) is 5.75 Å². The van der Waals surface area contributed by atoms with Crippen molar-refractivity contribution < 1.29 is 18.7 Å². The van der Waals surface area contributed by atoms with Crippen molar-refractivity contribution in [1.82, 2.24) is 4.90 Å². The second-order valence-corrected chi connectivity index (χ2v) is 8.12. The lowest BCUT2D eigenvalue weighted by Gasteiger charge is -2.39. The van der Waals surface area contributed by atoms with Gasteiger partial charge in [-0.05, 0) is 60.6 Å². The standard InChI is InChI=1S/C22H24ClFN2O3/c1-22(13-16-2-5-18(24)6-3-16)8-10-26(11-9-22)21(28)14-29-20-7-4-17(23)12-19(20)25-15-27/h2-7,12,15H,8-11,13-14H2,1H3,(H,25,27). The van der Waals surface area contributed by atoms with Crippen LogP contribution >= 0.6 is 11.6 Å². The van der Waals surface area contributed by atoms with Crippen LogP contribution in [0.25, 0.3) is 0 Å². The van der Waals surface area contributed by atoms with Crippen molar-refractivity contribution in [1.29, 1.82) is 0 Å². The Morgan fingerprint density at radius 2 is 1.93 bits per heavy atom. The highest BCUT2D eigenvalue weighted by Gasteiger charge is 2.32. The smallest absolute Gasteiger partial charge is 0.260 e. The Hall–Kier alpha value is -2.60. The Morgan fingerprint density at radius 1 is 1.24 bits per heavy atom. The molecular formula is C22H24ClFN2O3. The van der Waals surface area contributed by atoms with Gasteiger partial charge in [0.1, 0.15) is 11.6 Å². The summed E-state index contributed by atoms with van der Waals surface area (Å²) in [5.74, 6) is 0.0698. The number of nitrogens with one attached hydrogen (secondary N) is 1. The van der Waals surface area contributed by atoms with Crippen molar-refractivity contribution in [2.45, 2.75) is 26.2 Å². The first-order valence-corrected chi connectivity index (χ1v) is 9.91. The van der Waals surface area contributed by atoms with Crippen LogP contribution in [0, 0.1) is 11.2 Å². The maximum Gasteiger partial charge on any atom is 0.260 e. The van der Waals surface area contributed by atoms with Crippen molar-refractivity contribution in [2.24, 2.45) is 5.41 Å². The van der Waals surface area contributed by atoms with Gasteiger partial charge in [-0.1, -0.05) is 30.7 Å². The molecule has 154 valence electrons. The number of rotatable bonds is 7. The molecule has 3 rings (SSSR count). The fourth-order valence-corrected chi connectivity index (χ4v) is 3.78. The fraction of sp³-hybridized carbons (Fsp3) is 0.364. The minimum atomic E-state index is -0.230. The molecule has 0 atom stereocenters. The van der Waals surface area contributed by atoms with Gasteiger partial charge in [-0.25, -0.2) is 4.39 Å². The summed E-state index contributed by atoms with van der Waals surface area (Å²) in [4.78, 5) is 25.1. The number of amides is 2. The third kappa shape index (κ3) is 5.70. The SMILES string of the molecule is CC1(Cc2ccc(F)cc2)CCN(C(=O)COc2ccc(Cl)cc2NC=O)CC1. The Morgan fingerprint density at radius 3 is 2.59 bits per heavy atom. The molecule has 2 aromatic rings. The van der Waals surface area contributed by atoms with E-state index >= 15 is 0 Å². The maximum atomic E-state index is 13.1. The summed E-state index contributed by atoms with van der Waals surface area (Å²) in [6.45, 7) is 3.41. The lowest BCUT2D eigenvalue weighted by Crippen LogP contribution is -2.44. The molecule has 0 saturated carbocycles. The van der Waals surface area contributed by atoms with Crippen LogP contribution in [0.15, 0.2) is 42.5 Å². The van der Waals surface area contributed by atoms with Crippen LogP contribution < -0.4 is 10.1 Å². The Kier molecular flexibility index (Phi) is 6.75. The molecule has 29 heavy (non-hydrogen) atoms. The van der Waals surface area contributed by atoms with Gasteiger partial charge in [-0.2, -0.15) is 0 Å². The fourth-order valence-electron chi connectivity index (χ4n) is 3.60. The van der Waals surface area contributed by atoms with Crippen LogP contribution in [-0.2, 0) is 16.0 Å². The largest absolute Gasteiger partial charge is 0.482 e. The molecule has 1 aliphatic rings. The molecule has 1 fully saturated rings. The molecule has 1 heterocycles. The minimum Gasteiger partial charge on any atom is -0.482 e. The monoisotopic (exact) mass is 418 g/mol. The van der Waals surface area contributed by atoms with E-state index in [9.17, 15) is 14.0 Å². The van der Waals surface area contributed by atoms with E-state index in [1.807, 2.05) is 12.1 Å². The summed E-state index contributed by atoms with van der Waals surface area (Å²) >= 11 is 5.92. The average molecular weight is 419 g/mol. The number of carbonyl (C=O) groups excluding carboxylic acids is 2. The van der Waals surface area contributed by atoms with Gasteiger partial charge in [-0.15, -0.1) is 0 Å². The predicted octanol–water partition coefficient (Wildman–Crippen LogP) is 4.30. The van der Waals surface area contributed by atoms with E-state index in [2.05, 4.69) is 12.2 Å². The van der Waals surface area contributed by atoms with Gasteiger partial charge in [0.05, 0.1) is 5.69 Å². The van der Waals surface area contributed by atoms with E-state index in [0.29, 0.717) is 36.0 Å². The van der Waals surface area contributed by atoms with E-state index in [4.69, 9.17) is 16.3 Å². The maximum absolute atomic E-state index is 13.1. The number of hydrogen-bond donors (Lipinski definition) is 1. The summed E-state index contributed by atoms with van der Waals surface area (Å²) in [5, 5.41) is 2.98. The van der Waals surface area contributed by atoms with E-state index in [-0.39, 0.29) is 23.7 Å². The number of anilines is 1. The van der Waals surface area contributed by atoms with Gasteiger partial charge in [0, 0.05) is 18.1 Å². The lowest BCUT2D eigenvalue weighted by molar-refractivity contribution is -0.135. The number of halogens is 2. The van der Waals surface area contributed by atoms with Gasteiger partial charge in [0.25, 0.3) is 5.91 Å². The number of carbonyl (C=O) groups is 2. The molecule has 0 aromatic heterocycles. The second-order valence-electron chi connectivity index (χ2n) is 7.69. The number of piperidine rings is 1. The molecule has 1 N–H and O–H groups in total. The molecule has 0 spiro atoms. The van der Waals surface area contributed by atoms with Crippen molar-refractivity contribution >= 4 is 29.6 Å². The third-order valence-electron chi connectivity index (χ3n) is 5.37. The van der Waals surface area contributed by atoms with Crippen molar-refractivity contribution in [3.63, 3.8) is 0 Å². The molecule has 7 heteroatoms. The Labute approximate surface area is 174 Å². The number of likely N-dealkylation sites (tertiary alicyclic amines) is 1. The zero-order valence-electron chi connectivity index (χ0n) is 16.3. The first kappa shape index (κ1) is 21.1. The second kappa shape index (κ2) is 9.27. The zero-order chi connectivity index (χ0) is 20.9. The Bertz CT molecular complexity index is 865. The summed E-state index contributed by atoms with van der Waals surface area (Å²) < 4.78 is 18.7. The van der Waals surface area contributed by atoms with E-state index in [0.717, 1.165) is 24.8 Å². The number of hydrogen-bond acceptors (Lipinski definition) is 3. The molecule has 0 bridgehead atoms. The number of benzene rings is 2. The van der Waals surface area contributed by atoms with Gasteiger partial charge < -0.3 is 15.0 Å². The molecule has 1 saturated heterocycles. The van der Waals surface area contributed by atoms with E-state index < -0.39 is 0 Å². The van der Waals surface area contributed by atoms with Crippen LogP contribution in [0.4, 0.5) is 10.1 Å². The molecule has 2 aromatic carbocycles. The van der Waals surface area contributed by atoms with Gasteiger partial charge >= 0.3 is 0 Å². The normalized spacial score (nSPS) is 15.6. The van der Waals surface area contributed by atoms with Crippen molar-refractivity contribution in [3.05, 3.63) is 58.9 Å². The quantitative estimate of drug-likeness (QED) is 0.682. The highest BCUT2D eigenvalue weighted by atomic mass is 35.5. The molecular weight excluding hydrogens is 395 g/mol. The van der Waals surface area contributed by atoms with Crippen LogP contribution in [0.3, 0.4) is 0 Å². The van der Waals surface area contributed by atoms with Crippen molar-refractivity contribution in [2.75, 3.05) is 25.0 Å². The van der Waals surface area contributed by atoms with Crippen LogP contribution in [-0.4, -0.2) is 36.9 Å². The highest BCUT2D eigenvalue weighted by Crippen LogP contribution is 2.35. The first-order chi connectivity index (χ1) is 13.9. The molecule has 1 aliphatic heterocycles. The zero-order valence-corrected chi connectivity index (χ0v) is 17.0. The Balaban J connectivity index is 1.52. The average Bonchev–Trinajstić information content (AvgIpc) is 2.70. The van der Waals surface area contributed by atoms with Gasteiger partial charge in [-0.3, -0.25) is 9.59 Å². The van der Waals surface area contributed by atoms with Crippen LogP contribution in [0.2, 0.25) is 5.02 Å². The summed E-state index contributed by atoms with van der Waals surface area (Å²) in [5.41, 5.74) is 1.60. The summed E-state index contributed by atoms with van der Waals surface area (Å²) in [6, 6.07) is 11.4. The first-order valence-electron chi connectivity index (χ1n) is 9.53. The predicted molar refractivity (Wildman–Crippen MR) is 111 cm³/mol. The topological polar surface area (TPSA) is 58.6 Å². The molecule has 0 radical (unpaired) electrons. The molecule has 0 unspecified atom stereocenters. The third-order valence-corrected chi connectivity index (χ3v) is 5.61. The summed E-state index contributed by atoms with van der Waals surface area (Å²) in [6.07, 6.45) is 3.13.